The van der Waals surface area contributed by atoms with Crippen LogP contribution in [-0.2, 0) is 5.41 Å². The Hall–Kier alpha value is -1.50. The van der Waals surface area contributed by atoms with E-state index in [0.29, 0.717) is 0 Å². The molecule has 0 saturated heterocycles. The zero-order valence-corrected chi connectivity index (χ0v) is 16.3. The largest absolute Gasteiger partial charge is 0.347 e. The fourth-order valence-electron chi connectivity index (χ4n) is 3.26. The number of allylic oxidation sites excluding steroid dienone is 3. The Labute approximate surface area is 138 Å². The van der Waals surface area contributed by atoms with Crippen LogP contribution < -0.4 is 4.90 Å². The number of hydrogen-bond acceptors (Lipinski definition) is 1. The molecule has 0 saturated carbocycles. The molecule has 0 bridgehead atoms. The van der Waals surface area contributed by atoms with Gasteiger partial charge in [0.2, 0.25) is 0 Å². The van der Waals surface area contributed by atoms with Gasteiger partial charge in [0.25, 0.3) is 0 Å². The minimum atomic E-state index is 0.0830. The summed E-state index contributed by atoms with van der Waals surface area (Å²) in [5, 5.41) is 0. The molecule has 0 atom stereocenters. The standard InChI is InChI=1S/C17H23N.2C2H6/c1-7-9-13-12(3)10-11-14-16(13)17(4,5)15(8-2)18(14)6;2*1-2/h7-11H,1-6H3;2*1-2H3/b9-7-,15-8?;;. The number of fused-ring (bicyclic) bond motifs is 1. The summed E-state index contributed by atoms with van der Waals surface area (Å²) in [6.45, 7) is 19.0. The van der Waals surface area contributed by atoms with Crippen LogP contribution in [0.3, 0.4) is 0 Å². The summed E-state index contributed by atoms with van der Waals surface area (Å²) >= 11 is 0. The van der Waals surface area contributed by atoms with Crippen LogP contribution in [0.5, 0.6) is 0 Å². The average molecular weight is 302 g/mol. The Balaban J connectivity index is 0.00000102. The maximum atomic E-state index is 2.32. The van der Waals surface area contributed by atoms with Gasteiger partial charge >= 0.3 is 0 Å². The van der Waals surface area contributed by atoms with Crippen LogP contribution in [-0.4, -0.2) is 7.05 Å². The third kappa shape index (κ3) is 3.45. The summed E-state index contributed by atoms with van der Waals surface area (Å²) in [5.41, 5.74) is 6.99. The number of anilines is 1. The van der Waals surface area contributed by atoms with E-state index >= 15 is 0 Å². The molecule has 0 amide bonds. The second kappa shape index (κ2) is 8.82. The van der Waals surface area contributed by atoms with Crippen molar-refractivity contribution in [3.63, 3.8) is 0 Å². The molecule has 2 rings (SSSR count). The minimum Gasteiger partial charge on any atom is -0.347 e. The van der Waals surface area contributed by atoms with Gasteiger partial charge in [-0.15, -0.1) is 0 Å². The van der Waals surface area contributed by atoms with E-state index in [9.17, 15) is 0 Å². The molecule has 0 aliphatic carbocycles. The molecule has 1 heterocycles. The summed E-state index contributed by atoms with van der Waals surface area (Å²) < 4.78 is 0. The van der Waals surface area contributed by atoms with Crippen LogP contribution in [0.1, 0.15) is 72.1 Å². The minimum absolute atomic E-state index is 0.0830. The summed E-state index contributed by atoms with van der Waals surface area (Å²) in [5.74, 6) is 0. The summed E-state index contributed by atoms with van der Waals surface area (Å²) in [6, 6.07) is 4.47. The fraction of sp³-hybridized carbons (Fsp3) is 0.524. The maximum absolute atomic E-state index is 2.32. The SMILES string of the molecule is CC.CC.CC=C1N(C)c2ccc(C)c(/C=C\C)c2C1(C)C. The van der Waals surface area contributed by atoms with Crippen molar-refractivity contribution in [2.24, 2.45) is 0 Å². The zero-order valence-electron chi connectivity index (χ0n) is 16.3. The Morgan fingerprint density at radius 1 is 1.00 bits per heavy atom. The molecule has 0 radical (unpaired) electrons. The predicted molar refractivity (Wildman–Crippen MR) is 104 cm³/mol. The van der Waals surface area contributed by atoms with E-state index in [4.69, 9.17) is 0 Å². The van der Waals surface area contributed by atoms with Crippen LogP contribution in [0, 0.1) is 6.92 Å². The fourth-order valence-corrected chi connectivity index (χ4v) is 3.26. The molecule has 0 fully saturated rings. The van der Waals surface area contributed by atoms with Gasteiger partial charge in [-0.2, -0.15) is 0 Å². The van der Waals surface area contributed by atoms with Gasteiger partial charge in [0.15, 0.2) is 0 Å². The Morgan fingerprint density at radius 3 is 2.00 bits per heavy atom. The normalized spacial score (nSPS) is 16.8. The molecule has 22 heavy (non-hydrogen) atoms. The van der Waals surface area contributed by atoms with Crippen molar-refractivity contribution in [3.8, 4) is 0 Å². The molecule has 1 nitrogen and oxygen atoms in total. The van der Waals surface area contributed by atoms with Gasteiger partial charge in [-0.25, -0.2) is 0 Å². The van der Waals surface area contributed by atoms with Crippen molar-refractivity contribution in [2.45, 2.75) is 67.7 Å². The van der Waals surface area contributed by atoms with Crippen LogP contribution in [0.25, 0.3) is 6.08 Å². The van der Waals surface area contributed by atoms with Crippen LogP contribution >= 0.6 is 0 Å². The van der Waals surface area contributed by atoms with Gasteiger partial charge in [0.1, 0.15) is 0 Å². The highest BCUT2D eigenvalue weighted by Crippen LogP contribution is 2.49. The number of nitrogens with zero attached hydrogens (tertiary/aromatic N) is 1. The van der Waals surface area contributed by atoms with Gasteiger partial charge in [-0.05, 0) is 43.5 Å². The average Bonchev–Trinajstić information content (AvgIpc) is 2.72. The Bertz CT molecular complexity index is 533. The van der Waals surface area contributed by atoms with Crippen LogP contribution in [0.4, 0.5) is 5.69 Å². The molecule has 1 aromatic carbocycles. The highest BCUT2D eigenvalue weighted by Gasteiger charge is 2.39. The van der Waals surface area contributed by atoms with Crippen molar-refractivity contribution >= 4 is 11.8 Å². The number of likely N-dealkylation sites (N-methyl/N-ethyl adjacent to an activating group) is 1. The first-order valence-corrected chi connectivity index (χ1v) is 8.62. The molecule has 0 N–H and O–H groups in total. The molecule has 0 aromatic heterocycles. The van der Waals surface area contributed by atoms with Gasteiger partial charge in [0, 0.05) is 23.8 Å². The summed E-state index contributed by atoms with van der Waals surface area (Å²) in [6.07, 6.45) is 6.60. The first kappa shape index (κ1) is 20.5. The maximum Gasteiger partial charge on any atom is 0.0454 e. The lowest BCUT2D eigenvalue weighted by atomic mass is 9.80. The van der Waals surface area contributed by atoms with Gasteiger partial charge in [-0.1, -0.05) is 65.8 Å². The summed E-state index contributed by atoms with van der Waals surface area (Å²) in [4.78, 5) is 2.32. The van der Waals surface area contributed by atoms with E-state index < -0.39 is 0 Å². The molecule has 1 aliphatic rings. The summed E-state index contributed by atoms with van der Waals surface area (Å²) in [7, 11) is 2.16. The van der Waals surface area contributed by atoms with Crippen molar-refractivity contribution in [1.82, 2.24) is 0 Å². The number of benzene rings is 1. The molecule has 1 heteroatoms. The third-order valence-electron chi connectivity index (χ3n) is 4.04. The second-order valence-electron chi connectivity index (χ2n) is 5.55. The van der Waals surface area contributed by atoms with E-state index in [0.717, 1.165) is 0 Å². The van der Waals surface area contributed by atoms with E-state index in [1.807, 2.05) is 27.7 Å². The van der Waals surface area contributed by atoms with E-state index in [1.165, 1.54) is 28.1 Å². The molecule has 0 spiro atoms. The first-order valence-electron chi connectivity index (χ1n) is 8.62. The van der Waals surface area contributed by atoms with Crippen molar-refractivity contribution in [1.29, 1.82) is 0 Å². The zero-order chi connectivity index (χ0) is 17.5. The lowest BCUT2D eigenvalue weighted by Gasteiger charge is -2.24. The Kier molecular flexibility index (Phi) is 8.22. The number of aryl methyl sites for hydroxylation is 1. The van der Waals surface area contributed by atoms with Gasteiger partial charge < -0.3 is 4.90 Å². The molecule has 124 valence electrons. The van der Waals surface area contributed by atoms with E-state index in [-0.39, 0.29) is 5.41 Å². The first-order chi connectivity index (χ1) is 10.4. The van der Waals surface area contributed by atoms with Crippen molar-refractivity contribution < 1.29 is 0 Å². The highest BCUT2D eigenvalue weighted by atomic mass is 15.2. The van der Waals surface area contributed by atoms with Crippen LogP contribution in [0.15, 0.2) is 30.0 Å². The third-order valence-corrected chi connectivity index (χ3v) is 4.04. The van der Waals surface area contributed by atoms with E-state index in [1.54, 1.807) is 0 Å². The molecular weight excluding hydrogens is 266 g/mol. The lowest BCUT2D eigenvalue weighted by molar-refractivity contribution is 0.637. The van der Waals surface area contributed by atoms with Crippen molar-refractivity contribution in [2.75, 3.05) is 11.9 Å². The second-order valence-corrected chi connectivity index (χ2v) is 5.55. The van der Waals surface area contributed by atoms with Gasteiger partial charge in [-0.3, -0.25) is 0 Å². The Morgan fingerprint density at radius 2 is 1.55 bits per heavy atom. The molecular formula is C21H35N. The quantitative estimate of drug-likeness (QED) is 0.557. The van der Waals surface area contributed by atoms with Crippen molar-refractivity contribution in [3.05, 3.63) is 46.7 Å². The number of rotatable bonds is 1. The monoisotopic (exact) mass is 301 g/mol. The molecule has 1 aliphatic heterocycles. The predicted octanol–water partition coefficient (Wildman–Crippen LogP) is 6.71. The molecule has 0 unspecified atom stereocenters. The van der Waals surface area contributed by atoms with Gasteiger partial charge in [0.05, 0.1) is 0 Å². The molecule has 1 aromatic rings. The highest BCUT2D eigenvalue weighted by molar-refractivity contribution is 5.78. The number of hydrogen-bond donors (Lipinski definition) is 0. The van der Waals surface area contributed by atoms with Crippen LogP contribution in [0.2, 0.25) is 0 Å². The lowest BCUT2D eigenvalue weighted by Crippen LogP contribution is -2.23. The van der Waals surface area contributed by atoms with E-state index in [2.05, 4.69) is 76.9 Å². The topological polar surface area (TPSA) is 3.24 Å². The smallest absolute Gasteiger partial charge is 0.0454 e.